The van der Waals surface area contributed by atoms with Crippen molar-refractivity contribution in [2.45, 2.75) is 38.0 Å². The Morgan fingerprint density at radius 3 is 2.62 bits per heavy atom. The van der Waals surface area contributed by atoms with Gasteiger partial charge in [-0.3, -0.25) is 9.59 Å². The molecular formula is C18H16O2S. The van der Waals surface area contributed by atoms with Crippen LogP contribution in [0.1, 0.15) is 32.3 Å². The highest BCUT2D eigenvalue weighted by Gasteiger charge is 2.67. The van der Waals surface area contributed by atoms with Crippen LogP contribution in [0, 0.1) is 5.41 Å². The molecule has 1 unspecified atom stereocenters. The van der Waals surface area contributed by atoms with Crippen molar-refractivity contribution in [2.24, 2.45) is 5.41 Å². The molecule has 1 heterocycles. The van der Waals surface area contributed by atoms with Crippen LogP contribution in [0.5, 0.6) is 0 Å². The fourth-order valence-electron chi connectivity index (χ4n) is 3.73. The Hall–Kier alpha value is -1.61. The van der Waals surface area contributed by atoms with Crippen molar-refractivity contribution in [1.82, 2.24) is 0 Å². The Morgan fingerprint density at radius 1 is 1.14 bits per heavy atom. The number of carbonyl (C=O) groups is 2. The van der Waals surface area contributed by atoms with Crippen LogP contribution < -0.4 is 0 Å². The van der Waals surface area contributed by atoms with Crippen LogP contribution in [-0.2, 0) is 16.0 Å². The van der Waals surface area contributed by atoms with Gasteiger partial charge in [-0.05, 0) is 30.0 Å². The van der Waals surface area contributed by atoms with E-state index in [4.69, 9.17) is 0 Å². The van der Waals surface area contributed by atoms with E-state index in [-0.39, 0.29) is 11.6 Å². The number of allylic oxidation sites excluding steroid dienone is 3. The van der Waals surface area contributed by atoms with Gasteiger partial charge in [0.25, 0.3) is 0 Å². The van der Waals surface area contributed by atoms with E-state index in [0.717, 1.165) is 28.0 Å². The van der Waals surface area contributed by atoms with Crippen molar-refractivity contribution in [3.05, 3.63) is 51.5 Å². The predicted molar refractivity (Wildman–Crippen MR) is 83.1 cm³/mol. The van der Waals surface area contributed by atoms with Gasteiger partial charge >= 0.3 is 0 Å². The van der Waals surface area contributed by atoms with E-state index < -0.39 is 5.41 Å². The molecule has 3 aliphatic rings. The molecular weight excluding hydrogens is 280 g/mol. The molecule has 0 saturated heterocycles. The third-order valence-corrected chi connectivity index (χ3v) is 6.24. The number of benzene rings is 1. The minimum absolute atomic E-state index is 0.0687. The summed E-state index contributed by atoms with van der Waals surface area (Å²) in [5, 5.41) is 0. The Bertz CT molecular complexity index is 769. The zero-order valence-corrected chi connectivity index (χ0v) is 13.0. The van der Waals surface area contributed by atoms with Crippen LogP contribution in [0.15, 0.2) is 50.8 Å². The normalized spacial score (nSPS) is 26.6. The van der Waals surface area contributed by atoms with Gasteiger partial charge in [-0.15, -0.1) is 0 Å². The third kappa shape index (κ3) is 1.45. The van der Waals surface area contributed by atoms with Gasteiger partial charge in [0, 0.05) is 27.4 Å². The van der Waals surface area contributed by atoms with Crippen molar-refractivity contribution < 1.29 is 9.59 Å². The number of hydrogen-bond donors (Lipinski definition) is 0. The molecule has 1 saturated carbocycles. The van der Waals surface area contributed by atoms with Crippen LogP contribution in [0.25, 0.3) is 0 Å². The molecule has 4 rings (SSSR count). The molecule has 106 valence electrons. The summed E-state index contributed by atoms with van der Waals surface area (Å²) in [4.78, 5) is 27.5. The van der Waals surface area contributed by atoms with Gasteiger partial charge in [0.05, 0.1) is 0 Å². The van der Waals surface area contributed by atoms with Gasteiger partial charge in [-0.2, -0.15) is 0 Å². The molecule has 0 aromatic heterocycles. The van der Waals surface area contributed by atoms with E-state index in [9.17, 15) is 9.59 Å². The maximum atomic E-state index is 12.9. The first-order valence-corrected chi connectivity index (χ1v) is 8.29. The molecule has 0 spiro atoms. The first kappa shape index (κ1) is 13.1. The van der Waals surface area contributed by atoms with Gasteiger partial charge in [0.15, 0.2) is 11.6 Å². The molecule has 2 nitrogen and oxygen atoms in total. The molecule has 0 radical (unpaired) electrons. The van der Waals surface area contributed by atoms with Gasteiger partial charge < -0.3 is 0 Å². The fourth-order valence-corrected chi connectivity index (χ4v) is 5.03. The Morgan fingerprint density at radius 2 is 1.90 bits per heavy atom. The Kier molecular flexibility index (Phi) is 2.62. The lowest BCUT2D eigenvalue weighted by Crippen LogP contribution is -2.26. The molecule has 1 aromatic rings. The second-order valence-electron chi connectivity index (χ2n) is 5.82. The summed E-state index contributed by atoms with van der Waals surface area (Å²) >= 11 is 1.67. The van der Waals surface area contributed by atoms with Gasteiger partial charge in [-0.1, -0.05) is 43.8 Å². The van der Waals surface area contributed by atoms with Crippen LogP contribution >= 0.6 is 11.8 Å². The molecule has 0 amide bonds. The van der Waals surface area contributed by atoms with E-state index in [1.54, 1.807) is 11.8 Å². The number of hydrogen-bond acceptors (Lipinski definition) is 3. The number of rotatable bonds is 2. The van der Waals surface area contributed by atoms with E-state index in [1.807, 2.05) is 19.1 Å². The molecule has 2 aliphatic carbocycles. The minimum Gasteiger partial charge on any atom is -0.293 e. The molecule has 1 aromatic carbocycles. The highest BCUT2D eigenvalue weighted by molar-refractivity contribution is 8.03. The molecule has 1 fully saturated rings. The summed E-state index contributed by atoms with van der Waals surface area (Å²) in [6, 6.07) is 8.22. The van der Waals surface area contributed by atoms with Crippen molar-refractivity contribution in [3.63, 3.8) is 0 Å². The molecule has 0 N–H and O–H groups in total. The number of fused-ring (bicyclic) bond motifs is 2. The monoisotopic (exact) mass is 296 g/mol. The third-order valence-electron chi connectivity index (χ3n) is 4.93. The maximum Gasteiger partial charge on any atom is 0.179 e. The Balaban J connectivity index is 1.90. The average molecular weight is 296 g/mol. The van der Waals surface area contributed by atoms with Crippen LogP contribution in [-0.4, -0.2) is 11.6 Å². The zero-order chi connectivity index (χ0) is 14.8. The van der Waals surface area contributed by atoms with E-state index >= 15 is 0 Å². The summed E-state index contributed by atoms with van der Waals surface area (Å²) in [6.45, 7) is 4.03. The largest absolute Gasteiger partial charge is 0.293 e. The lowest BCUT2D eigenvalue weighted by Gasteiger charge is -2.28. The Labute approximate surface area is 128 Å². The predicted octanol–water partition coefficient (Wildman–Crippen LogP) is 3.86. The SMILES string of the molecule is CCC1=C2C(=O)C2(CC)C(=O)C2=C1Sc1ccccc1C2. The lowest BCUT2D eigenvalue weighted by atomic mass is 9.82. The smallest absolute Gasteiger partial charge is 0.179 e. The van der Waals surface area contributed by atoms with E-state index in [2.05, 4.69) is 19.1 Å². The van der Waals surface area contributed by atoms with Crippen molar-refractivity contribution >= 4 is 23.3 Å². The molecule has 1 aliphatic heterocycles. The lowest BCUT2D eigenvalue weighted by molar-refractivity contribution is -0.124. The highest BCUT2D eigenvalue weighted by atomic mass is 32.2. The van der Waals surface area contributed by atoms with Gasteiger partial charge in [0.1, 0.15) is 5.41 Å². The topological polar surface area (TPSA) is 34.1 Å². The first-order valence-electron chi connectivity index (χ1n) is 7.47. The number of Topliss-reactive ketones (excluding diaryl/α,β-unsaturated/α-hetero) is 2. The summed E-state index contributed by atoms with van der Waals surface area (Å²) in [5.74, 6) is 0.144. The number of carbonyl (C=O) groups excluding carboxylic acids is 2. The van der Waals surface area contributed by atoms with Gasteiger partial charge in [0.2, 0.25) is 0 Å². The summed E-state index contributed by atoms with van der Waals surface area (Å²) in [5.41, 5.74) is 3.22. The molecule has 21 heavy (non-hydrogen) atoms. The maximum absolute atomic E-state index is 12.9. The molecule has 1 atom stereocenters. The van der Waals surface area contributed by atoms with Crippen molar-refractivity contribution in [3.8, 4) is 0 Å². The standard InChI is InChI=1S/C18H16O2S/c1-3-11-14-17(20)18(14,4-2)16(19)12-9-10-7-5-6-8-13(10)21-15(11)12/h5-8H,3-4,9H2,1-2H3. The van der Waals surface area contributed by atoms with E-state index in [1.165, 1.54) is 10.5 Å². The average Bonchev–Trinajstić information content (AvgIpc) is 3.13. The second kappa shape index (κ2) is 4.20. The summed E-state index contributed by atoms with van der Waals surface area (Å²) < 4.78 is 0. The minimum atomic E-state index is -0.781. The number of thioether (sulfide) groups is 1. The van der Waals surface area contributed by atoms with Crippen LogP contribution in [0.4, 0.5) is 0 Å². The van der Waals surface area contributed by atoms with E-state index in [0.29, 0.717) is 12.8 Å². The fraction of sp³-hybridized carbons (Fsp3) is 0.333. The van der Waals surface area contributed by atoms with Crippen molar-refractivity contribution in [2.75, 3.05) is 0 Å². The quantitative estimate of drug-likeness (QED) is 0.777. The first-order chi connectivity index (χ1) is 10.1. The number of ketones is 2. The van der Waals surface area contributed by atoms with Gasteiger partial charge in [-0.25, -0.2) is 0 Å². The van der Waals surface area contributed by atoms with Crippen LogP contribution in [0.3, 0.4) is 0 Å². The van der Waals surface area contributed by atoms with Crippen molar-refractivity contribution in [1.29, 1.82) is 0 Å². The second-order valence-corrected chi connectivity index (χ2v) is 6.87. The zero-order valence-electron chi connectivity index (χ0n) is 12.2. The summed E-state index contributed by atoms with van der Waals surface area (Å²) in [6.07, 6.45) is 2.10. The van der Waals surface area contributed by atoms with Crippen LogP contribution in [0.2, 0.25) is 0 Å². The molecule has 0 bridgehead atoms. The highest BCUT2D eigenvalue weighted by Crippen LogP contribution is 2.62. The summed E-state index contributed by atoms with van der Waals surface area (Å²) in [7, 11) is 0. The molecule has 3 heteroatoms.